The lowest BCUT2D eigenvalue weighted by Crippen LogP contribution is -2.51. The van der Waals surface area contributed by atoms with E-state index in [4.69, 9.17) is 4.74 Å². The van der Waals surface area contributed by atoms with Crippen molar-refractivity contribution in [3.63, 3.8) is 0 Å². The molecule has 1 heterocycles. The number of ether oxygens (including phenoxy) is 1. The van der Waals surface area contributed by atoms with Gasteiger partial charge in [-0.15, -0.1) is 0 Å². The number of sulfonamides is 1. The van der Waals surface area contributed by atoms with Gasteiger partial charge in [-0.3, -0.25) is 4.90 Å². The van der Waals surface area contributed by atoms with Crippen LogP contribution in [0.3, 0.4) is 0 Å². The third-order valence-electron chi connectivity index (χ3n) is 7.14. The quantitative estimate of drug-likeness (QED) is 0.714. The highest BCUT2D eigenvalue weighted by Crippen LogP contribution is 2.42. The Morgan fingerprint density at radius 1 is 1.13 bits per heavy atom. The number of nitrogens with zero attached hydrogens (tertiary/aromatic N) is 1. The molecule has 3 aliphatic rings. The number of amides is 1. The van der Waals surface area contributed by atoms with Crippen molar-refractivity contribution >= 4 is 16.1 Å². The van der Waals surface area contributed by atoms with E-state index in [9.17, 15) is 18.3 Å². The topological polar surface area (TPSA) is 95.9 Å². The first kappa shape index (κ1) is 21.6. The van der Waals surface area contributed by atoms with Gasteiger partial charge in [-0.2, -0.15) is 0 Å². The maximum atomic E-state index is 12.0. The summed E-state index contributed by atoms with van der Waals surface area (Å²) in [4.78, 5) is 13.5. The molecule has 2 aliphatic carbocycles. The Kier molecular flexibility index (Phi) is 6.36. The molecule has 2 N–H and O–H groups in total. The second kappa shape index (κ2) is 8.85. The van der Waals surface area contributed by atoms with Crippen LogP contribution < -0.4 is 4.72 Å². The van der Waals surface area contributed by atoms with Crippen LogP contribution in [-0.4, -0.2) is 61.6 Å². The zero-order valence-electron chi connectivity index (χ0n) is 17.4. The molecule has 0 bridgehead atoms. The number of carboxylic acid groups (broad SMARTS) is 1. The van der Waals surface area contributed by atoms with E-state index in [-0.39, 0.29) is 24.7 Å². The molecule has 0 aromatic heterocycles. The molecule has 1 amide bonds. The van der Waals surface area contributed by atoms with E-state index in [0.29, 0.717) is 5.92 Å². The second-order valence-electron chi connectivity index (χ2n) is 9.05. The van der Waals surface area contributed by atoms with Crippen molar-refractivity contribution in [2.24, 2.45) is 5.92 Å². The maximum Gasteiger partial charge on any atom is 0.407 e. The number of benzene rings is 1. The van der Waals surface area contributed by atoms with Crippen molar-refractivity contribution in [1.82, 2.24) is 9.62 Å². The van der Waals surface area contributed by atoms with Crippen LogP contribution in [0.4, 0.5) is 4.79 Å². The summed E-state index contributed by atoms with van der Waals surface area (Å²) >= 11 is 0. The fraction of sp³-hybridized carbons (Fsp3) is 0.682. The zero-order chi connectivity index (χ0) is 21.3. The molecule has 4 rings (SSSR count). The predicted molar refractivity (Wildman–Crippen MR) is 114 cm³/mol. The Balaban J connectivity index is 1.40. The summed E-state index contributed by atoms with van der Waals surface area (Å²) in [5, 5.41) is 9.84. The molecular formula is C22H32N2O5S. The Morgan fingerprint density at radius 2 is 1.83 bits per heavy atom. The van der Waals surface area contributed by atoms with Crippen molar-refractivity contribution in [1.29, 1.82) is 0 Å². The van der Waals surface area contributed by atoms with E-state index in [1.165, 1.54) is 10.5 Å². The van der Waals surface area contributed by atoms with Gasteiger partial charge in [0.05, 0.1) is 25.0 Å². The van der Waals surface area contributed by atoms with Gasteiger partial charge in [0.15, 0.2) is 0 Å². The smallest absolute Gasteiger partial charge is 0.407 e. The predicted octanol–water partition coefficient (Wildman–Crippen LogP) is 3.18. The minimum atomic E-state index is -3.43. The molecule has 0 radical (unpaired) electrons. The minimum absolute atomic E-state index is 0.0261. The normalized spacial score (nSPS) is 34.1. The molecule has 3 fully saturated rings. The standard InChI is InChI=1S/C22H32N2O5S/c1-30(27,28)23-21-18-8-5-9-19(18)24(22(25)26)20(21)14-29-17-12-10-16(11-13-17)15-6-3-2-4-7-15/h2-4,6-7,16-21,23H,5,8-14H2,1H3,(H,25,26)/t16?,17?,18-,19+,20-,21-/m0/s1. The van der Waals surface area contributed by atoms with E-state index < -0.39 is 28.2 Å². The Hall–Kier alpha value is -1.64. The van der Waals surface area contributed by atoms with E-state index in [1.807, 2.05) is 6.07 Å². The molecule has 1 aliphatic heterocycles. The maximum absolute atomic E-state index is 12.0. The third kappa shape index (κ3) is 4.65. The lowest BCUT2D eigenvalue weighted by Gasteiger charge is -2.33. The summed E-state index contributed by atoms with van der Waals surface area (Å²) in [5.74, 6) is 0.574. The summed E-state index contributed by atoms with van der Waals surface area (Å²) in [6.07, 6.45) is 6.81. The molecule has 30 heavy (non-hydrogen) atoms. The van der Waals surface area contributed by atoms with Gasteiger partial charge in [0, 0.05) is 12.1 Å². The molecule has 1 saturated heterocycles. The van der Waals surface area contributed by atoms with Crippen LogP contribution in [0.25, 0.3) is 0 Å². The van der Waals surface area contributed by atoms with Crippen LogP contribution in [0.2, 0.25) is 0 Å². The highest BCUT2D eigenvalue weighted by molar-refractivity contribution is 7.88. The van der Waals surface area contributed by atoms with Gasteiger partial charge >= 0.3 is 6.09 Å². The zero-order valence-corrected chi connectivity index (χ0v) is 18.3. The molecule has 1 aromatic rings. The highest BCUT2D eigenvalue weighted by atomic mass is 32.2. The number of nitrogens with one attached hydrogen (secondary N) is 1. The molecule has 4 atom stereocenters. The van der Waals surface area contributed by atoms with Gasteiger partial charge in [-0.05, 0) is 55.9 Å². The lowest BCUT2D eigenvalue weighted by atomic mass is 9.83. The van der Waals surface area contributed by atoms with Crippen LogP contribution in [0.15, 0.2) is 30.3 Å². The van der Waals surface area contributed by atoms with Gasteiger partial charge < -0.3 is 9.84 Å². The van der Waals surface area contributed by atoms with Gasteiger partial charge in [0.1, 0.15) is 0 Å². The van der Waals surface area contributed by atoms with Crippen molar-refractivity contribution < 1.29 is 23.1 Å². The molecule has 7 nitrogen and oxygen atoms in total. The number of rotatable bonds is 6. The summed E-state index contributed by atoms with van der Waals surface area (Å²) in [6, 6.07) is 9.52. The SMILES string of the molecule is CS(=O)(=O)N[C@H]1[C@H]2CCC[C@H]2N(C(=O)O)[C@H]1COC1CCC(c2ccccc2)CC1. The van der Waals surface area contributed by atoms with E-state index in [1.54, 1.807) is 0 Å². The highest BCUT2D eigenvalue weighted by Gasteiger charge is 2.53. The van der Waals surface area contributed by atoms with E-state index >= 15 is 0 Å². The molecule has 8 heteroatoms. The van der Waals surface area contributed by atoms with Crippen molar-refractivity contribution in [2.75, 3.05) is 12.9 Å². The summed E-state index contributed by atoms with van der Waals surface area (Å²) in [7, 11) is -3.43. The second-order valence-corrected chi connectivity index (χ2v) is 10.8. The number of hydrogen-bond acceptors (Lipinski definition) is 4. The molecule has 2 saturated carbocycles. The van der Waals surface area contributed by atoms with Gasteiger partial charge in [-0.1, -0.05) is 36.8 Å². The Labute approximate surface area is 178 Å². The Morgan fingerprint density at radius 3 is 2.47 bits per heavy atom. The minimum Gasteiger partial charge on any atom is -0.465 e. The molecule has 166 valence electrons. The molecular weight excluding hydrogens is 404 g/mol. The summed E-state index contributed by atoms with van der Waals surface area (Å²) in [6.45, 7) is 0.243. The largest absolute Gasteiger partial charge is 0.465 e. The third-order valence-corrected chi connectivity index (χ3v) is 7.84. The molecule has 0 spiro atoms. The monoisotopic (exact) mass is 436 g/mol. The van der Waals surface area contributed by atoms with Gasteiger partial charge in [0.2, 0.25) is 10.0 Å². The van der Waals surface area contributed by atoms with E-state index in [0.717, 1.165) is 51.2 Å². The van der Waals surface area contributed by atoms with E-state index in [2.05, 4.69) is 29.0 Å². The molecule has 0 unspecified atom stereocenters. The van der Waals surface area contributed by atoms with Gasteiger partial charge in [-0.25, -0.2) is 17.9 Å². The Bertz CT molecular complexity index is 838. The van der Waals surface area contributed by atoms with Crippen molar-refractivity contribution in [2.45, 2.75) is 75.1 Å². The lowest BCUT2D eigenvalue weighted by molar-refractivity contribution is -0.00814. The first-order valence-corrected chi connectivity index (χ1v) is 12.9. The van der Waals surface area contributed by atoms with Gasteiger partial charge in [0.25, 0.3) is 0 Å². The van der Waals surface area contributed by atoms with Crippen LogP contribution in [0.1, 0.15) is 56.4 Å². The summed E-state index contributed by atoms with van der Waals surface area (Å²) < 4.78 is 32.8. The molecule has 1 aromatic carbocycles. The van der Waals surface area contributed by atoms with Crippen LogP contribution >= 0.6 is 0 Å². The van der Waals surface area contributed by atoms with Crippen LogP contribution in [-0.2, 0) is 14.8 Å². The summed E-state index contributed by atoms with van der Waals surface area (Å²) in [5.41, 5.74) is 1.37. The van der Waals surface area contributed by atoms with Crippen LogP contribution in [0, 0.1) is 5.92 Å². The average molecular weight is 437 g/mol. The first-order chi connectivity index (χ1) is 14.3. The number of carbonyl (C=O) groups is 1. The van der Waals surface area contributed by atoms with Crippen LogP contribution in [0.5, 0.6) is 0 Å². The fourth-order valence-corrected chi connectivity index (χ4v) is 6.67. The first-order valence-electron chi connectivity index (χ1n) is 11.0. The number of fused-ring (bicyclic) bond motifs is 1. The van der Waals surface area contributed by atoms with Crippen molar-refractivity contribution in [3.05, 3.63) is 35.9 Å². The van der Waals surface area contributed by atoms with Crippen molar-refractivity contribution in [3.8, 4) is 0 Å². The number of likely N-dealkylation sites (tertiary alicyclic amines) is 1. The average Bonchev–Trinajstić information content (AvgIpc) is 3.28. The fourth-order valence-electron chi connectivity index (χ4n) is 5.84. The number of hydrogen-bond donors (Lipinski definition) is 2.